The van der Waals surface area contributed by atoms with Gasteiger partial charge in [-0.05, 0) is 37.3 Å². The highest BCUT2D eigenvalue weighted by molar-refractivity contribution is 8.00. The minimum absolute atomic E-state index is 0.189. The molecule has 0 aliphatic carbocycles. The molecular formula is C22H24ClN5O3S. The van der Waals surface area contributed by atoms with Gasteiger partial charge in [-0.1, -0.05) is 41.6 Å². The van der Waals surface area contributed by atoms with Gasteiger partial charge in [-0.25, -0.2) is 0 Å². The zero-order valence-electron chi connectivity index (χ0n) is 17.8. The van der Waals surface area contributed by atoms with Gasteiger partial charge in [-0.2, -0.15) is 0 Å². The van der Waals surface area contributed by atoms with Gasteiger partial charge in [0.25, 0.3) is 0 Å². The van der Waals surface area contributed by atoms with E-state index in [9.17, 15) is 4.79 Å². The van der Waals surface area contributed by atoms with Gasteiger partial charge in [0.15, 0.2) is 5.16 Å². The summed E-state index contributed by atoms with van der Waals surface area (Å²) in [5.74, 6) is 1.10. The molecule has 1 aliphatic rings. The first kappa shape index (κ1) is 22.4. The van der Waals surface area contributed by atoms with Gasteiger partial charge in [0.2, 0.25) is 11.9 Å². The van der Waals surface area contributed by atoms with Crippen molar-refractivity contribution in [3.8, 4) is 11.4 Å². The summed E-state index contributed by atoms with van der Waals surface area (Å²) >= 11 is 7.43. The molecule has 0 saturated carbocycles. The quantitative estimate of drug-likeness (QED) is 0.521. The van der Waals surface area contributed by atoms with Gasteiger partial charge in [-0.15, -0.1) is 10.2 Å². The zero-order valence-corrected chi connectivity index (χ0v) is 19.4. The van der Waals surface area contributed by atoms with Gasteiger partial charge >= 0.3 is 0 Å². The van der Waals surface area contributed by atoms with E-state index >= 15 is 0 Å². The molecule has 4 rings (SSSR count). The maximum absolute atomic E-state index is 12.9. The van der Waals surface area contributed by atoms with Crippen molar-refractivity contribution in [3.63, 3.8) is 0 Å². The van der Waals surface area contributed by atoms with Crippen LogP contribution >= 0.6 is 23.4 Å². The van der Waals surface area contributed by atoms with Crippen LogP contribution in [0.15, 0.2) is 53.7 Å². The average Bonchev–Trinajstić information content (AvgIpc) is 3.23. The highest BCUT2D eigenvalue weighted by atomic mass is 35.5. The number of methoxy groups -OCH3 is 1. The molecule has 0 bridgehead atoms. The molecule has 1 aliphatic heterocycles. The van der Waals surface area contributed by atoms with E-state index in [0.717, 1.165) is 24.7 Å². The average molecular weight is 474 g/mol. The number of aromatic nitrogens is 3. The van der Waals surface area contributed by atoms with Crippen molar-refractivity contribution in [3.05, 3.63) is 53.6 Å². The zero-order chi connectivity index (χ0) is 22.5. The van der Waals surface area contributed by atoms with E-state index in [0.29, 0.717) is 34.8 Å². The first-order valence-electron chi connectivity index (χ1n) is 10.2. The number of carbonyl (C=O) groups is 1. The van der Waals surface area contributed by atoms with Gasteiger partial charge in [-0.3, -0.25) is 9.36 Å². The third-order valence-electron chi connectivity index (χ3n) is 5.00. The molecule has 32 heavy (non-hydrogen) atoms. The summed E-state index contributed by atoms with van der Waals surface area (Å²) in [6.45, 7) is 4.59. The third-order valence-corrected chi connectivity index (χ3v) is 6.27. The number of benzene rings is 2. The van der Waals surface area contributed by atoms with Crippen molar-refractivity contribution >= 4 is 40.9 Å². The maximum atomic E-state index is 12.9. The van der Waals surface area contributed by atoms with Crippen molar-refractivity contribution in [2.75, 3.05) is 43.6 Å². The molecule has 10 heteroatoms. The molecule has 8 nitrogen and oxygen atoms in total. The number of hydrogen-bond donors (Lipinski definition) is 1. The van der Waals surface area contributed by atoms with E-state index < -0.39 is 5.25 Å². The predicted octanol–water partition coefficient (Wildman–Crippen LogP) is 3.89. The highest BCUT2D eigenvalue weighted by Crippen LogP contribution is 2.32. The van der Waals surface area contributed by atoms with E-state index in [4.69, 9.17) is 21.1 Å². The Balaban J connectivity index is 1.58. The fourth-order valence-electron chi connectivity index (χ4n) is 3.33. The van der Waals surface area contributed by atoms with Gasteiger partial charge < -0.3 is 19.7 Å². The van der Waals surface area contributed by atoms with Crippen molar-refractivity contribution in [2.45, 2.75) is 17.3 Å². The molecule has 1 amide bonds. The summed E-state index contributed by atoms with van der Waals surface area (Å²) < 4.78 is 12.8. The van der Waals surface area contributed by atoms with Crippen LogP contribution in [-0.2, 0) is 9.53 Å². The van der Waals surface area contributed by atoms with E-state index in [1.165, 1.54) is 11.8 Å². The molecular weight excluding hydrogens is 450 g/mol. The summed E-state index contributed by atoms with van der Waals surface area (Å²) in [5, 5.41) is 12.5. The number of amides is 1. The molecule has 1 aromatic heterocycles. The van der Waals surface area contributed by atoms with Gasteiger partial charge in [0.05, 0.1) is 36.9 Å². The molecule has 1 saturated heterocycles. The number of hydrogen-bond acceptors (Lipinski definition) is 7. The topological polar surface area (TPSA) is 81.5 Å². The van der Waals surface area contributed by atoms with Crippen LogP contribution in [0, 0.1) is 0 Å². The SMILES string of the molecule is COc1ccc(Cl)cc1NC(=O)C(C)Sc1nnc(N2CCOCC2)n1-c1ccccc1. The molecule has 168 valence electrons. The first-order chi connectivity index (χ1) is 15.6. The largest absolute Gasteiger partial charge is 0.495 e. The second-order valence-electron chi connectivity index (χ2n) is 7.15. The molecule has 3 aromatic rings. The van der Waals surface area contributed by atoms with Gasteiger partial charge in [0, 0.05) is 18.1 Å². The number of thioether (sulfide) groups is 1. The van der Waals surface area contributed by atoms with Crippen LogP contribution < -0.4 is 15.0 Å². The number of halogens is 1. The number of rotatable bonds is 7. The second-order valence-corrected chi connectivity index (χ2v) is 8.89. The molecule has 1 atom stereocenters. The van der Waals surface area contributed by atoms with Crippen molar-refractivity contribution in [1.29, 1.82) is 0 Å². The van der Waals surface area contributed by atoms with E-state index in [1.54, 1.807) is 25.3 Å². The molecule has 2 aromatic carbocycles. The summed E-state index contributed by atoms with van der Waals surface area (Å²) in [4.78, 5) is 15.1. The number of para-hydroxylation sites is 1. The molecule has 2 heterocycles. The number of carbonyl (C=O) groups excluding carboxylic acids is 1. The first-order valence-corrected chi connectivity index (χ1v) is 11.5. The van der Waals surface area contributed by atoms with Crippen LogP contribution in [0.25, 0.3) is 5.69 Å². The molecule has 1 unspecified atom stereocenters. The molecule has 0 spiro atoms. The van der Waals surface area contributed by atoms with Crippen LogP contribution in [0.1, 0.15) is 6.92 Å². The lowest BCUT2D eigenvalue weighted by Crippen LogP contribution is -2.37. The second kappa shape index (κ2) is 10.2. The number of anilines is 2. The van der Waals surface area contributed by atoms with E-state index in [-0.39, 0.29) is 5.91 Å². The Kier molecular flexibility index (Phi) is 7.19. The summed E-state index contributed by atoms with van der Waals surface area (Å²) in [5.41, 5.74) is 1.46. The number of nitrogens with zero attached hydrogens (tertiary/aromatic N) is 4. The fourth-order valence-corrected chi connectivity index (χ4v) is 4.37. The summed E-state index contributed by atoms with van der Waals surface area (Å²) in [6.07, 6.45) is 0. The van der Waals surface area contributed by atoms with Gasteiger partial charge in [0.1, 0.15) is 5.75 Å². The Bertz CT molecular complexity index is 1070. The monoisotopic (exact) mass is 473 g/mol. The lowest BCUT2D eigenvalue weighted by Gasteiger charge is -2.28. The molecule has 0 radical (unpaired) electrons. The minimum atomic E-state index is -0.442. The third kappa shape index (κ3) is 5.01. The standard InChI is InChI=1S/C22H24ClN5O3S/c1-15(20(29)24-18-14-16(23)8-9-19(18)30-2)32-22-26-25-21(27-10-12-31-13-11-27)28(22)17-6-4-3-5-7-17/h3-9,14-15H,10-13H2,1-2H3,(H,24,29). The number of morpholine rings is 1. The van der Waals surface area contributed by atoms with Crippen LogP contribution in [0.4, 0.5) is 11.6 Å². The predicted molar refractivity (Wildman–Crippen MR) is 126 cm³/mol. The smallest absolute Gasteiger partial charge is 0.237 e. The van der Waals surface area contributed by atoms with Crippen LogP contribution in [0.5, 0.6) is 5.75 Å². The maximum Gasteiger partial charge on any atom is 0.237 e. The Morgan fingerprint density at radius 1 is 1.19 bits per heavy atom. The van der Waals surface area contributed by atoms with Crippen LogP contribution in [0.3, 0.4) is 0 Å². The Hall–Kier alpha value is -2.75. The summed E-state index contributed by atoms with van der Waals surface area (Å²) in [6, 6.07) is 15.0. The van der Waals surface area contributed by atoms with Crippen molar-refractivity contribution < 1.29 is 14.3 Å². The lowest BCUT2D eigenvalue weighted by molar-refractivity contribution is -0.115. The van der Waals surface area contributed by atoms with Crippen LogP contribution in [0.2, 0.25) is 5.02 Å². The number of nitrogens with one attached hydrogen (secondary N) is 1. The molecule has 1 fully saturated rings. The van der Waals surface area contributed by atoms with Crippen LogP contribution in [-0.4, -0.2) is 59.3 Å². The normalized spacial score (nSPS) is 14.8. The molecule has 1 N–H and O–H groups in total. The van der Waals surface area contributed by atoms with Crippen molar-refractivity contribution in [1.82, 2.24) is 14.8 Å². The Morgan fingerprint density at radius 3 is 2.66 bits per heavy atom. The van der Waals surface area contributed by atoms with E-state index in [1.807, 2.05) is 41.8 Å². The lowest BCUT2D eigenvalue weighted by atomic mass is 10.3. The Morgan fingerprint density at radius 2 is 1.94 bits per heavy atom. The van der Waals surface area contributed by atoms with Crippen molar-refractivity contribution in [2.24, 2.45) is 0 Å². The fraction of sp³-hybridized carbons (Fsp3) is 0.318. The minimum Gasteiger partial charge on any atom is -0.495 e. The Labute approximate surface area is 195 Å². The number of ether oxygens (including phenoxy) is 2. The van der Waals surface area contributed by atoms with E-state index in [2.05, 4.69) is 20.4 Å². The summed E-state index contributed by atoms with van der Waals surface area (Å²) in [7, 11) is 1.55. The highest BCUT2D eigenvalue weighted by Gasteiger charge is 2.25.